The van der Waals surface area contributed by atoms with Gasteiger partial charge >= 0.3 is 0 Å². The Kier molecular flexibility index (Phi) is 2.96. The van der Waals surface area contributed by atoms with E-state index in [2.05, 4.69) is 31.3 Å². The van der Waals surface area contributed by atoms with E-state index in [0.717, 1.165) is 6.42 Å². The molecule has 1 aromatic carbocycles. The zero-order valence-corrected chi connectivity index (χ0v) is 12.4. The number of nitrogens with one attached hydrogen (secondary N) is 1. The van der Waals surface area contributed by atoms with Crippen LogP contribution in [0.25, 0.3) is 0 Å². The molecule has 0 saturated heterocycles. The Balaban J connectivity index is 1.77. The molecule has 3 heteroatoms. The number of rotatable bonds is 2. The molecule has 1 amide bonds. The van der Waals surface area contributed by atoms with E-state index < -0.39 is 0 Å². The molecule has 106 valence electrons. The molecular formula is C17H22N2O. The fourth-order valence-electron chi connectivity index (χ4n) is 3.87. The fraction of sp³-hybridized carbons (Fsp3) is 0.529. The van der Waals surface area contributed by atoms with E-state index in [1.54, 1.807) is 0 Å². The second kappa shape index (κ2) is 4.44. The molecule has 2 atom stereocenters. The lowest BCUT2D eigenvalue weighted by molar-refractivity contribution is 0.0954. The van der Waals surface area contributed by atoms with Crippen molar-refractivity contribution in [3.63, 3.8) is 0 Å². The molecule has 0 radical (unpaired) electrons. The predicted octanol–water partition coefficient (Wildman–Crippen LogP) is 3.62. The molecule has 3 nitrogen and oxygen atoms in total. The van der Waals surface area contributed by atoms with Gasteiger partial charge in [0.2, 0.25) is 0 Å². The van der Waals surface area contributed by atoms with Gasteiger partial charge in [-0.05, 0) is 42.7 Å². The van der Waals surface area contributed by atoms with Crippen LogP contribution in [-0.2, 0) is 0 Å². The molecule has 0 aliphatic heterocycles. The maximum Gasteiger partial charge on any atom is 0.271 e. The summed E-state index contributed by atoms with van der Waals surface area (Å²) in [7, 11) is 0. The van der Waals surface area contributed by atoms with Gasteiger partial charge in [-0.2, -0.15) is 5.10 Å². The second-order valence-corrected chi connectivity index (χ2v) is 6.86. The molecule has 2 aliphatic rings. The van der Waals surface area contributed by atoms with E-state index in [1.165, 1.54) is 18.6 Å². The number of amides is 1. The monoisotopic (exact) mass is 270 g/mol. The minimum atomic E-state index is -0.123. The van der Waals surface area contributed by atoms with Gasteiger partial charge in [0.15, 0.2) is 0 Å². The first kappa shape index (κ1) is 13.3. The number of carbonyl (C=O) groups is 1. The number of nitrogens with zero attached hydrogens (tertiary/aromatic N) is 1. The SMILES string of the molecule is CC1(C)[C@H]2CC[C@@]1(C)/C(=N\NC(=O)c1ccccc1)C2. The molecule has 20 heavy (non-hydrogen) atoms. The molecule has 0 unspecified atom stereocenters. The maximum absolute atomic E-state index is 12.1. The van der Waals surface area contributed by atoms with Crippen molar-refractivity contribution >= 4 is 11.6 Å². The van der Waals surface area contributed by atoms with Crippen LogP contribution in [0.15, 0.2) is 35.4 Å². The molecule has 0 spiro atoms. The molecule has 2 aliphatic carbocycles. The van der Waals surface area contributed by atoms with E-state index >= 15 is 0 Å². The summed E-state index contributed by atoms with van der Waals surface area (Å²) in [5, 5.41) is 4.47. The molecule has 2 saturated carbocycles. The molecular weight excluding hydrogens is 248 g/mol. The van der Waals surface area contributed by atoms with E-state index in [1.807, 2.05) is 30.3 Å². The minimum Gasteiger partial charge on any atom is -0.267 e. The van der Waals surface area contributed by atoms with Crippen LogP contribution >= 0.6 is 0 Å². The van der Waals surface area contributed by atoms with Gasteiger partial charge in [0, 0.05) is 16.7 Å². The summed E-state index contributed by atoms with van der Waals surface area (Å²) >= 11 is 0. The van der Waals surface area contributed by atoms with Crippen LogP contribution in [0.2, 0.25) is 0 Å². The lowest BCUT2D eigenvalue weighted by Gasteiger charge is -2.34. The minimum absolute atomic E-state index is 0.123. The highest BCUT2D eigenvalue weighted by molar-refractivity contribution is 5.98. The van der Waals surface area contributed by atoms with Crippen LogP contribution in [0.5, 0.6) is 0 Å². The first-order chi connectivity index (χ1) is 9.45. The molecule has 1 aromatic rings. The van der Waals surface area contributed by atoms with Crippen molar-refractivity contribution in [1.82, 2.24) is 5.43 Å². The molecule has 2 fully saturated rings. The number of fused-ring (bicyclic) bond motifs is 2. The van der Waals surface area contributed by atoms with E-state index in [9.17, 15) is 4.79 Å². The zero-order valence-electron chi connectivity index (χ0n) is 12.4. The number of hydrogen-bond donors (Lipinski definition) is 1. The first-order valence-corrected chi connectivity index (χ1v) is 7.37. The normalized spacial score (nSPS) is 32.5. The van der Waals surface area contributed by atoms with Crippen molar-refractivity contribution in [3.8, 4) is 0 Å². The standard InChI is InChI=1S/C17H22N2O/c1-16(2)13-9-10-17(16,3)14(11-13)18-19-15(20)12-7-5-4-6-8-12/h4-8,13H,9-11H2,1-3H3,(H,19,20)/b18-14-/t13-,17-/m0/s1. The molecule has 1 N–H and O–H groups in total. The highest BCUT2D eigenvalue weighted by Gasteiger charge is 2.59. The Morgan fingerprint density at radius 1 is 1.25 bits per heavy atom. The van der Waals surface area contributed by atoms with Crippen molar-refractivity contribution in [1.29, 1.82) is 0 Å². The lowest BCUT2D eigenvalue weighted by atomic mass is 9.70. The number of hydrogen-bond acceptors (Lipinski definition) is 2. The molecule has 2 bridgehead atoms. The van der Waals surface area contributed by atoms with Gasteiger partial charge in [0.25, 0.3) is 5.91 Å². The zero-order chi connectivity index (χ0) is 14.4. The average molecular weight is 270 g/mol. The van der Waals surface area contributed by atoms with Crippen LogP contribution in [0, 0.1) is 16.7 Å². The maximum atomic E-state index is 12.1. The third-order valence-electron chi connectivity index (χ3n) is 5.84. The summed E-state index contributed by atoms with van der Waals surface area (Å²) in [5.74, 6) is 0.585. The van der Waals surface area contributed by atoms with Gasteiger partial charge in [-0.25, -0.2) is 5.43 Å². The van der Waals surface area contributed by atoms with E-state index in [-0.39, 0.29) is 11.3 Å². The van der Waals surface area contributed by atoms with Crippen molar-refractivity contribution in [3.05, 3.63) is 35.9 Å². The topological polar surface area (TPSA) is 41.5 Å². The smallest absolute Gasteiger partial charge is 0.267 e. The predicted molar refractivity (Wildman–Crippen MR) is 80.6 cm³/mol. The van der Waals surface area contributed by atoms with Crippen LogP contribution in [-0.4, -0.2) is 11.6 Å². The number of benzene rings is 1. The van der Waals surface area contributed by atoms with Gasteiger partial charge in [0.1, 0.15) is 0 Å². The fourth-order valence-corrected chi connectivity index (χ4v) is 3.87. The van der Waals surface area contributed by atoms with Gasteiger partial charge in [-0.1, -0.05) is 39.0 Å². The summed E-state index contributed by atoms with van der Waals surface area (Å²) in [6.07, 6.45) is 3.50. The van der Waals surface area contributed by atoms with Crippen molar-refractivity contribution in [2.24, 2.45) is 21.8 Å². The largest absolute Gasteiger partial charge is 0.271 e. The quantitative estimate of drug-likeness (QED) is 0.819. The van der Waals surface area contributed by atoms with Crippen LogP contribution in [0.3, 0.4) is 0 Å². The summed E-state index contributed by atoms with van der Waals surface area (Å²) < 4.78 is 0. The van der Waals surface area contributed by atoms with Crippen LogP contribution < -0.4 is 5.43 Å². The van der Waals surface area contributed by atoms with E-state index in [0.29, 0.717) is 16.9 Å². The summed E-state index contributed by atoms with van der Waals surface area (Å²) in [6, 6.07) is 9.25. The van der Waals surface area contributed by atoms with E-state index in [4.69, 9.17) is 0 Å². The van der Waals surface area contributed by atoms with Crippen LogP contribution in [0.1, 0.15) is 50.4 Å². The van der Waals surface area contributed by atoms with Crippen molar-refractivity contribution in [2.45, 2.75) is 40.0 Å². The van der Waals surface area contributed by atoms with Crippen LogP contribution in [0.4, 0.5) is 0 Å². The van der Waals surface area contributed by atoms with Crippen molar-refractivity contribution < 1.29 is 4.79 Å². The summed E-state index contributed by atoms with van der Waals surface area (Å²) in [5.41, 5.74) is 5.00. The molecule has 3 rings (SSSR count). The molecule has 0 aromatic heterocycles. The summed E-state index contributed by atoms with van der Waals surface area (Å²) in [4.78, 5) is 12.1. The third kappa shape index (κ3) is 1.80. The Morgan fingerprint density at radius 3 is 2.50 bits per heavy atom. The summed E-state index contributed by atoms with van der Waals surface area (Å²) in [6.45, 7) is 6.98. The number of hydrazone groups is 1. The third-order valence-corrected chi connectivity index (χ3v) is 5.84. The van der Waals surface area contributed by atoms with Crippen molar-refractivity contribution in [2.75, 3.05) is 0 Å². The Morgan fingerprint density at radius 2 is 1.95 bits per heavy atom. The van der Waals surface area contributed by atoms with Gasteiger partial charge < -0.3 is 0 Å². The molecule has 0 heterocycles. The highest BCUT2D eigenvalue weighted by Crippen LogP contribution is 2.63. The van der Waals surface area contributed by atoms with Gasteiger partial charge in [-0.15, -0.1) is 0 Å². The van der Waals surface area contributed by atoms with Gasteiger partial charge in [0.05, 0.1) is 0 Å². The first-order valence-electron chi connectivity index (χ1n) is 7.37. The lowest BCUT2D eigenvalue weighted by Crippen LogP contribution is -2.34. The Labute approximate surface area is 120 Å². The highest BCUT2D eigenvalue weighted by atomic mass is 16.2. The average Bonchev–Trinajstić information content (AvgIpc) is 2.78. The number of carbonyl (C=O) groups excluding carboxylic acids is 1. The second-order valence-electron chi connectivity index (χ2n) is 6.86. The Bertz CT molecular complexity index is 562. The van der Waals surface area contributed by atoms with Gasteiger partial charge in [-0.3, -0.25) is 4.79 Å². The Hall–Kier alpha value is -1.64.